The number of rotatable bonds is 5. The largest absolute Gasteiger partial charge is 0.309 e. The van der Waals surface area contributed by atoms with E-state index >= 15 is 0 Å². The summed E-state index contributed by atoms with van der Waals surface area (Å²) < 4.78 is 0. The zero-order chi connectivity index (χ0) is 17.6. The Kier molecular flexibility index (Phi) is 5.19. The van der Waals surface area contributed by atoms with E-state index in [4.69, 9.17) is 4.98 Å². The monoisotopic (exact) mass is 331 g/mol. The third kappa shape index (κ3) is 4.29. The van der Waals surface area contributed by atoms with Crippen molar-refractivity contribution in [2.75, 3.05) is 5.32 Å². The first-order chi connectivity index (χ1) is 12.1. The van der Waals surface area contributed by atoms with Crippen molar-refractivity contribution in [1.29, 1.82) is 0 Å². The van der Waals surface area contributed by atoms with Gasteiger partial charge in [0, 0.05) is 17.5 Å². The molecule has 0 unspecified atom stereocenters. The Morgan fingerprint density at radius 3 is 2.16 bits per heavy atom. The Morgan fingerprint density at radius 2 is 1.56 bits per heavy atom. The van der Waals surface area contributed by atoms with Gasteiger partial charge < -0.3 is 5.32 Å². The van der Waals surface area contributed by atoms with Crippen molar-refractivity contribution in [1.82, 2.24) is 9.97 Å². The van der Waals surface area contributed by atoms with Crippen LogP contribution in [0.4, 0.5) is 5.82 Å². The van der Waals surface area contributed by atoms with E-state index in [9.17, 15) is 4.79 Å². The molecule has 1 heterocycles. The number of aromatic nitrogens is 2. The molecule has 1 amide bonds. The number of nitrogens with zero attached hydrogens (tertiary/aromatic N) is 2. The second kappa shape index (κ2) is 7.71. The topological polar surface area (TPSA) is 54.9 Å². The molecule has 1 aromatic heterocycles. The number of hydrogen-bond donors (Lipinski definition) is 1. The van der Waals surface area contributed by atoms with Crippen LogP contribution in [0.15, 0.2) is 66.9 Å². The third-order valence-electron chi connectivity index (χ3n) is 3.74. The van der Waals surface area contributed by atoms with Gasteiger partial charge in [-0.25, -0.2) is 9.97 Å². The minimum Gasteiger partial charge on any atom is -0.309 e. The lowest BCUT2D eigenvalue weighted by molar-refractivity contribution is -0.116. The van der Waals surface area contributed by atoms with E-state index in [1.54, 1.807) is 6.20 Å². The van der Waals surface area contributed by atoms with E-state index in [0.717, 1.165) is 16.8 Å². The van der Waals surface area contributed by atoms with E-state index < -0.39 is 0 Å². The lowest BCUT2D eigenvalue weighted by Gasteiger charge is -2.12. The molecule has 25 heavy (non-hydrogen) atoms. The van der Waals surface area contributed by atoms with Crippen molar-refractivity contribution in [2.45, 2.75) is 20.3 Å². The predicted molar refractivity (Wildman–Crippen MR) is 101 cm³/mol. The average Bonchev–Trinajstić information content (AvgIpc) is 2.63. The van der Waals surface area contributed by atoms with E-state index in [2.05, 4.69) is 10.3 Å². The van der Waals surface area contributed by atoms with Gasteiger partial charge in [0.1, 0.15) is 5.69 Å². The van der Waals surface area contributed by atoms with Crippen molar-refractivity contribution in [2.24, 2.45) is 5.92 Å². The molecule has 2 aromatic carbocycles. The van der Waals surface area contributed by atoms with Crippen molar-refractivity contribution < 1.29 is 4.79 Å². The smallest absolute Gasteiger partial charge is 0.225 e. The van der Waals surface area contributed by atoms with Crippen LogP contribution in [0.2, 0.25) is 0 Å². The molecule has 0 spiro atoms. The summed E-state index contributed by atoms with van der Waals surface area (Å²) in [5, 5.41) is 2.91. The molecule has 0 aliphatic carbocycles. The molecule has 0 radical (unpaired) electrons. The van der Waals surface area contributed by atoms with Gasteiger partial charge in [0.25, 0.3) is 0 Å². The SMILES string of the molecule is CC(C)CC(=O)Nc1ncc(-c2ccccc2)nc1-c1ccccc1. The number of anilines is 1. The highest BCUT2D eigenvalue weighted by Crippen LogP contribution is 2.27. The molecule has 0 bridgehead atoms. The first kappa shape index (κ1) is 16.8. The summed E-state index contributed by atoms with van der Waals surface area (Å²) >= 11 is 0. The molecule has 0 aliphatic heterocycles. The Labute approximate surface area is 148 Å². The van der Waals surface area contributed by atoms with Crippen LogP contribution >= 0.6 is 0 Å². The molecule has 3 rings (SSSR count). The highest BCUT2D eigenvalue weighted by atomic mass is 16.1. The second-order valence-corrected chi connectivity index (χ2v) is 6.33. The minimum atomic E-state index is -0.0473. The maximum absolute atomic E-state index is 12.2. The van der Waals surface area contributed by atoms with E-state index in [-0.39, 0.29) is 11.8 Å². The van der Waals surface area contributed by atoms with Gasteiger partial charge in [-0.15, -0.1) is 0 Å². The van der Waals surface area contributed by atoms with Gasteiger partial charge >= 0.3 is 0 Å². The van der Waals surface area contributed by atoms with Crippen LogP contribution in [0, 0.1) is 5.92 Å². The third-order valence-corrected chi connectivity index (χ3v) is 3.74. The van der Waals surface area contributed by atoms with E-state index in [1.165, 1.54) is 0 Å². The van der Waals surface area contributed by atoms with E-state index in [1.807, 2.05) is 74.5 Å². The lowest BCUT2D eigenvalue weighted by Crippen LogP contribution is -2.16. The average molecular weight is 331 g/mol. The van der Waals surface area contributed by atoms with Crippen LogP contribution in [0.5, 0.6) is 0 Å². The van der Waals surface area contributed by atoms with Crippen molar-refractivity contribution >= 4 is 11.7 Å². The second-order valence-electron chi connectivity index (χ2n) is 6.33. The summed E-state index contributed by atoms with van der Waals surface area (Å²) in [6, 6.07) is 19.7. The fourth-order valence-electron chi connectivity index (χ4n) is 2.58. The summed E-state index contributed by atoms with van der Waals surface area (Å²) in [5.74, 6) is 0.738. The number of amides is 1. The van der Waals surface area contributed by atoms with Gasteiger partial charge in [-0.3, -0.25) is 4.79 Å². The Bertz CT molecular complexity index is 846. The first-order valence-electron chi connectivity index (χ1n) is 8.41. The number of benzene rings is 2. The summed E-state index contributed by atoms with van der Waals surface area (Å²) in [5.41, 5.74) is 3.38. The quantitative estimate of drug-likeness (QED) is 0.731. The summed E-state index contributed by atoms with van der Waals surface area (Å²) in [6.07, 6.45) is 2.16. The molecular formula is C21H21N3O. The standard InChI is InChI=1S/C21H21N3O/c1-15(2)13-19(25)24-21-20(17-11-7-4-8-12-17)23-18(14-22-21)16-9-5-3-6-10-16/h3-12,14-15H,13H2,1-2H3,(H,22,24,25). The summed E-state index contributed by atoms with van der Waals surface area (Å²) in [4.78, 5) is 21.4. The van der Waals surface area contributed by atoms with Gasteiger partial charge in [0.05, 0.1) is 11.9 Å². The molecule has 4 heteroatoms. The number of hydrogen-bond acceptors (Lipinski definition) is 3. The van der Waals surface area contributed by atoms with Crippen LogP contribution in [-0.4, -0.2) is 15.9 Å². The Balaban J connectivity index is 2.01. The zero-order valence-electron chi connectivity index (χ0n) is 14.4. The van der Waals surface area contributed by atoms with Crippen LogP contribution in [0.25, 0.3) is 22.5 Å². The zero-order valence-corrected chi connectivity index (χ0v) is 14.4. The van der Waals surface area contributed by atoms with Gasteiger partial charge in [-0.05, 0) is 5.92 Å². The maximum Gasteiger partial charge on any atom is 0.225 e. The molecule has 0 aliphatic rings. The molecule has 0 atom stereocenters. The molecule has 3 aromatic rings. The predicted octanol–water partition coefficient (Wildman–Crippen LogP) is 4.80. The van der Waals surface area contributed by atoms with Crippen molar-refractivity contribution in [3.63, 3.8) is 0 Å². The van der Waals surface area contributed by atoms with Gasteiger partial charge in [-0.1, -0.05) is 74.5 Å². The van der Waals surface area contributed by atoms with Crippen LogP contribution in [0.3, 0.4) is 0 Å². The fourth-order valence-corrected chi connectivity index (χ4v) is 2.58. The maximum atomic E-state index is 12.2. The molecule has 0 saturated heterocycles. The summed E-state index contributed by atoms with van der Waals surface area (Å²) in [7, 11) is 0. The Hall–Kier alpha value is -3.01. The number of nitrogens with one attached hydrogen (secondary N) is 1. The Morgan fingerprint density at radius 1 is 0.960 bits per heavy atom. The number of carbonyl (C=O) groups excluding carboxylic acids is 1. The van der Waals surface area contributed by atoms with Gasteiger partial charge in [-0.2, -0.15) is 0 Å². The molecule has 0 saturated carbocycles. The van der Waals surface area contributed by atoms with Crippen LogP contribution in [0.1, 0.15) is 20.3 Å². The molecular weight excluding hydrogens is 310 g/mol. The summed E-state index contributed by atoms with van der Waals surface area (Å²) in [6.45, 7) is 4.03. The molecule has 126 valence electrons. The van der Waals surface area contributed by atoms with Crippen molar-refractivity contribution in [3.8, 4) is 22.5 Å². The molecule has 0 fully saturated rings. The van der Waals surface area contributed by atoms with Gasteiger partial charge in [0.15, 0.2) is 5.82 Å². The van der Waals surface area contributed by atoms with Crippen molar-refractivity contribution in [3.05, 3.63) is 66.9 Å². The highest BCUT2D eigenvalue weighted by molar-refractivity contribution is 5.93. The molecule has 1 N–H and O–H groups in total. The lowest BCUT2D eigenvalue weighted by atomic mass is 10.1. The van der Waals surface area contributed by atoms with Crippen LogP contribution < -0.4 is 5.32 Å². The first-order valence-corrected chi connectivity index (χ1v) is 8.41. The normalized spacial score (nSPS) is 10.7. The fraction of sp³-hybridized carbons (Fsp3) is 0.190. The van der Waals surface area contributed by atoms with Crippen LogP contribution in [-0.2, 0) is 4.79 Å². The molecule has 4 nitrogen and oxygen atoms in total. The minimum absolute atomic E-state index is 0.0473. The number of carbonyl (C=O) groups is 1. The van der Waals surface area contributed by atoms with Gasteiger partial charge in [0.2, 0.25) is 5.91 Å². The highest BCUT2D eigenvalue weighted by Gasteiger charge is 2.14. The van der Waals surface area contributed by atoms with E-state index in [0.29, 0.717) is 17.9 Å².